The average molecular weight is 322 g/mol. The fraction of sp³-hybridized carbons (Fsp3) is 0.625. The third-order valence-electron chi connectivity index (χ3n) is 4.02. The first-order chi connectivity index (χ1) is 9.50. The third-order valence-corrected chi connectivity index (χ3v) is 4.02. The number of unbranched alkanes of at least 4 members (excludes halogenated alkanes) is 1. The molecule has 120 valence electrons. The van der Waals surface area contributed by atoms with E-state index >= 15 is 0 Å². The van der Waals surface area contributed by atoms with Gasteiger partial charge in [-0.15, -0.1) is 12.4 Å². The summed E-state index contributed by atoms with van der Waals surface area (Å²) in [7, 11) is 0. The predicted molar refractivity (Wildman–Crippen MR) is 82.0 cm³/mol. The van der Waals surface area contributed by atoms with E-state index in [0.29, 0.717) is 6.04 Å². The van der Waals surface area contributed by atoms with Gasteiger partial charge in [0.15, 0.2) is 0 Å². The van der Waals surface area contributed by atoms with Crippen molar-refractivity contribution in [1.82, 2.24) is 5.32 Å². The number of hydrogen-bond acceptors (Lipinski definition) is 1. The summed E-state index contributed by atoms with van der Waals surface area (Å²) in [6.45, 7) is 3.16. The predicted octanol–water partition coefficient (Wildman–Crippen LogP) is 4.76. The standard InChI is InChI=1S/C16H22F3N.ClH/c1-2-3-10-20-15-8-5-12-4-7-14(16(17,18)19)11-13(12)6-9-15;/h4,7,11,15,20H,2-3,5-6,8-10H2,1H3;1H. The SMILES string of the molecule is CCCCNC1CCc2ccc(C(F)(F)F)cc2CC1.Cl. The highest BCUT2D eigenvalue weighted by molar-refractivity contribution is 5.85. The number of fused-ring (bicyclic) bond motifs is 1. The topological polar surface area (TPSA) is 12.0 Å². The van der Waals surface area contributed by atoms with E-state index in [9.17, 15) is 13.2 Å². The normalized spacial score (nSPS) is 18.6. The summed E-state index contributed by atoms with van der Waals surface area (Å²) >= 11 is 0. The van der Waals surface area contributed by atoms with E-state index in [1.807, 2.05) is 0 Å². The van der Waals surface area contributed by atoms with E-state index < -0.39 is 11.7 Å². The highest BCUT2D eigenvalue weighted by Crippen LogP contribution is 2.32. The van der Waals surface area contributed by atoms with Crippen LogP contribution in [0.1, 0.15) is 49.3 Å². The molecule has 0 aromatic heterocycles. The molecule has 0 bridgehead atoms. The first kappa shape index (κ1) is 18.3. The molecule has 1 aromatic carbocycles. The van der Waals surface area contributed by atoms with Crippen molar-refractivity contribution in [2.45, 2.75) is 57.7 Å². The Hall–Kier alpha value is -0.740. The van der Waals surface area contributed by atoms with Crippen molar-refractivity contribution in [3.8, 4) is 0 Å². The smallest absolute Gasteiger partial charge is 0.314 e. The summed E-state index contributed by atoms with van der Waals surface area (Å²) in [5.74, 6) is 0. The van der Waals surface area contributed by atoms with Crippen LogP contribution in [0.2, 0.25) is 0 Å². The van der Waals surface area contributed by atoms with Crippen molar-refractivity contribution in [3.05, 3.63) is 34.9 Å². The maximum Gasteiger partial charge on any atom is 0.416 e. The molecule has 1 nitrogen and oxygen atoms in total. The van der Waals surface area contributed by atoms with Crippen LogP contribution >= 0.6 is 12.4 Å². The molecule has 5 heteroatoms. The van der Waals surface area contributed by atoms with Gasteiger partial charge in [-0.3, -0.25) is 0 Å². The summed E-state index contributed by atoms with van der Waals surface area (Å²) < 4.78 is 38.2. The maximum atomic E-state index is 12.7. The zero-order valence-electron chi connectivity index (χ0n) is 12.3. The van der Waals surface area contributed by atoms with Gasteiger partial charge < -0.3 is 5.32 Å². The summed E-state index contributed by atoms with van der Waals surface area (Å²) in [5, 5.41) is 3.52. The van der Waals surface area contributed by atoms with Gasteiger partial charge in [0.1, 0.15) is 0 Å². The van der Waals surface area contributed by atoms with Crippen LogP contribution in [-0.2, 0) is 19.0 Å². The molecule has 1 aromatic rings. The second-order valence-electron chi connectivity index (χ2n) is 5.56. The Bertz CT molecular complexity index is 446. The van der Waals surface area contributed by atoms with Crippen molar-refractivity contribution in [2.75, 3.05) is 6.54 Å². The molecule has 1 aliphatic carbocycles. The van der Waals surface area contributed by atoms with Crippen LogP contribution in [0, 0.1) is 0 Å². The quantitative estimate of drug-likeness (QED) is 0.622. The van der Waals surface area contributed by atoms with Gasteiger partial charge in [-0.2, -0.15) is 13.2 Å². The number of hydrogen-bond donors (Lipinski definition) is 1. The van der Waals surface area contributed by atoms with Gasteiger partial charge in [0, 0.05) is 6.04 Å². The van der Waals surface area contributed by atoms with E-state index in [0.717, 1.165) is 56.2 Å². The highest BCUT2D eigenvalue weighted by Gasteiger charge is 2.31. The molecule has 0 amide bonds. The van der Waals surface area contributed by atoms with Gasteiger partial charge in [0.2, 0.25) is 0 Å². The van der Waals surface area contributed by atoms with E-state index in [1.54, 1.807) is 6.07 Å². The van der Waals surface area contributed by atoms with E-state index in [4.69, 9.17) is 0 Å². The second kappa shape index (κ2) is 8.04. The molecule has 1 unspecified atom stereocenters. The fourth-order valence-corrected chi connectivity index (χ4v) is 2.77. The van der Waals surface area contributed by atoms with Crippen molar-refractivity contribution in [3.63, 3.8) is 0 Å². The minimum atomic E-state index is -4.24. The Morgan fingerprint density at radius 2 is 1.81 bits per heavy atom. The summed E-state index contributed by atoms with van der Waals surface area (Å²) in [6, 6.07) is 4.64. The first-order valence-electron chi connectivity index (χ1n) is 7.43. The number of nitrogens with one attached hydrogen (secondary N) is 1. The Balaban J connectivity index is 0.00000220. The van der Waals surface area contributed by atoms with Gasteiger partial charge in [0.05, 0.1) is 5.56 Å². The van der Waals surface area contributed by atoms with Crippen molar-refractivity contribution in [1.29, 1.82) is 0 Å². The Labute approximate surface area is 130 Å². The van der Waals surface area contributed by atoms with E-state index in [1.165, 1.54) is 12.1 Å². The first-order valence-corrected chi connectivity index (χ1v) is 7.43. The molecule has 0 fully saturated rings. The molecular weight excluding hydrogens is 299 g/mol. The number of rotatable bonds is 4. The third kappa shape index (κ3) is 5.19. The van der Waals surface area contributed by atoms with Crippen LogP contribution < -0.4 is 5.32 Å². The van der Waals surface area contributed by atoms with Gasteiger partial charge in [-0.1, -0.05) is 19.4 Å². The van der Waals surface area contributed by atoms with Gasteiger partial charge in [0.25, 0.3) is 0 Å². The maximum absolute atomic E-state index is 12.7. The molecule has 1 atom stereocenters. The molecule has 1 N–H and O–H groups in total. The monoisotopic (exact) mass is 321 g/mol. The fourth-order valence-electron chi connectivity index (χ4n) is 2.77. The van der Waals surface area contributed by atoms with Crippen LogP contribution in [0.15, 0.2) is 18.2 Å². The van der Waals surface area contributed by atoms with Crippen molar-refractivity contribution < 1.29 is 13.2 Å². The zero-order chi connectivity index (χ0) is 14.6. The van der Waals surface area contributed by atoms with Crippen LogP contribution in [0.25, 0.3) is 0 Å². The Morgan fingerprint density at radius 3 is 2.43 bits per heavy atom. The summed E-state index contributed by atoms with van der Waals surface area (Å²) in [6.07, 6.45) is 1.64. The number of halogens is 4. The molecule has 0 spiro atoms. The molecule has 21 heavy (non-hydrogen) atoms. The van der Waals surface area contributed by atoms with Gasteiger partial charge in [-0.25, -0.2) is 0 Å². The van der Waals surface area contributed by atoms with Gasteiger partial charge in [-0.05, 0) is 61.9 Å². The summed E-state index contributed by atoms with van der Waals surface area (Å²) in [5.41, 5.74) is 1.44. The lowest BCUT2D eigenvalue weighted by Gasteiger charge is -2.15. The average Bonchev–Trinajstić information content (AvgIpc) is 2.60. The zero-order valence-corrected chi connectivity index (χ0v) is 13.1. The largest absolute Gasteiger partial charge is 0.416 e. The lowest BCUT2D eigenvalue weighted by Crippen LogP contribution is -2.30. The Morgan fingerprint density at radius 1 is 1.14 bits per heavy atom. The lowest BCUT2D eigenvalue weighted by molar-refractivity contribution is -0.137. The molecule has 0 saturated carbocycles. The van der Waals surface area contributed by atoms with Gasteiger partial charge >= 0.3 is 6.18 Å². The van der Waals surface area contributed by atoms with Crippen molar-refractivity contribution in [2.24, 2.45) is 0 Å². The van der Waals surface area contributed by atoms with Crippen molar-refractivity contribution >= 4 is 12.4 Å². The molecule has 0 heterocycles. The summed E-state index contributed by atoms with van der Waals surface area (Å²) in [4.78, 5) is 0. The van der Waals surface area contributed by atoms with Crippen LogP contribution in [-0.4, -0.2) is 12.6 Å². The number of alkyl halides is 3. The molecular formula is C16H23ClF3N. The molecule has 0 radical (unpaired) electrons. The minimum Gasteiger partial charge on any atom is -0.314 e. The molecule has 0 aliphatic heterocycles. The number of benzene rings is 1. The number of aryl methyl sites for hydroxylation is 2. The minimum absolute atomic E-state index is 0. The van der Waals surface area contributed by atoms with Crippen LogP contribution in [0.3, 0.4) is 0 Å². The molecule has 0 saturated heterocycles. The lowest BCUT2D eigenvalue weighted by atomic mass is 10.00. The molecule has 2 rings (SSSR count). The highest BCUT2D eigenvalue weighted by atomic mass is 35.5. The van der Waals surface area contributed by atoms with Crippen LogP contribution in [0.4, 0.5) is 13.2 Å². The van der Waals surface area contributed by atoms with E-state index in [2.05, 4.69) is 12.2 Å². The van der Waals surface area contributed by atoms with Crippen LogP contribution in [0.5, 0.6) is 0 Å². The van der Waals surface area contributed by atoms with E-state index in [-0.39, 0.29) is 12.4 Å². The molecule has 1 aliphatic rings. The second-order valence-corrected chi connectivity index (χ2v) is 5.56. The Kier molecular flexibility index (Phi) is 7.01.